The number of hydrogen-bond donors (Lipinski definition) is 3. The van der Waals surface area contributed by atoms with E-state index in [2.05, 4.69) is 83.0 Å². The highest BCUT2D eigenvalue weighted by atomic mass is 16.5. The summed E-state index contributed by atoms with van der Waals surface area (Å²) in [6, 6.07) is 0. The zero-order chi connectivity index (χ0) is 27.6. The van der Waals surface area contributed by atoms with Crippen LogP contribution in [0.5, 0.6) is 0 Å². The van der Waals surface area contributed by atoms with Crippen LogP contribution in [0.4, 0.5) is 4.79 Å². The zero-order valence-electron chi connectivity index (χ0n) is 22.8. The number of amides is 2. The van der Waals surface area contributed by atoms with Crippen molar-refractivity contribution < 1.29 is 14.3 Å². The van der Waals surface area contributed by atoms with Crippen LogP contribution >= 0.6 is 0 Å². The molecule has 0 spiro atoms. The molecule has 5 N–H and O–H groups in total. The number of nitrogens with zero attached hydrogens (tertiary/aromatic N) is 3. The molecular formula is C28H46N6O3. The van der Waals surface area contributed by atoms with Gasteiger partial charge in [0, 0.05) is 27.1 Å². The van der Waals surface area contributed by atoms with Crippen LogP contribution in [-0.4, -0.2) is 56.1 Å². The second-order valence-electron chi connectivity index (χ2n) is 8.25. The van der Waals surface area contributed by atoms with Crippen LogP contribution < -0.4 is 16.8 Å². The lowest BCUT2D eigenvalue weighted by Crippen LogP contribution is -2.32. The third-order valence-electron chi connectivity index (χ3n) is 4.69. The van der Waals surface area contributed by atoms with E-state index < -0.39 is 6.09 Å². The van der Waals surface area contributed by atoms with Crippen molar-refractivity contribution in [2.75, 3.05) is 27.2 Å². The largest absolute Gasteiger partial charge is 0.448 e. The Morgan fingerprint density at radius 2 is 1.35 bits per heavy atom. The van der Waals surface area contributed by atoms with Gasteiger partial charge < -0.3 is 26.4 Å². The Morgan fingerprint density at radius 1 is 0.811 bits per heavy atom. The van der Waals surface area contributed by atoms with Gasteiger partial charge in [-0.3, -0.25) is 4.79 Å². The molecule has 0 unspecified atom stereocenters. The van der Waals surface area contributed by atoms with E-state index in [4.69, 9.17) is 16.2 Å². The summed E-state index contributed by atoms with van der Waals surface area (Å²) in [4.78, 5) is 32.2. The molecule has 0 aromatic carbocycles. The Morgan fingerprint density at radius 3 is 1.89 bits per heavy atom. The van der Waals surface area contributed by atoms with E-state index in [0.717, 1.165) is 44.9 Å². The molecule has 0 saturated heterocycles. The molecule has 0 aliphatic heterocycles. The summed E-state index contributed by atoms with van der Waals surface area (Å²) in [7, 11) is 3.37. The highest BCUT2D eigenvalue weighted by Gasteiger charge is 2.04. The maximum absolute atomic E-state index is 11.9. The van der Waals surface area contributed by atoms with E-state index in [1.54, 1.807) is 14.1 Å². The predicted octanol–water partition coefficient (Wildman–Crippen LogP) is 4.74. The highest BCUT2D eigenvalue weighted by Crippen LogP contribution is 2.00. The number of hydrogen-bond acceptors (Lipinski definition) is 3. The second-order valence-corrected chi connectivity index (χ2v) is 8.25. The zero-order valence-corrected chi connectivity index (χ0v) is 22.8. The van der Waals surface area contributed by atoms with Gasteiger partial charge in [0.1, 0.15) is 0 Å². The molecule has 37 heavy (non-hydrogen) atoms. The standard InChI is InChI=1S/C28H46N6O3/c1-4-5-6-7-8-9-10-11-12-13-14-15-16-17-18-19-20-22-25(35)31-23-21-24-37-28(36)33-26(29)32-27(30)34(2)3/h5-6,8-9,11-12,14-15,17-18H,4,7,10,13,16,19-24H2,1-3H3,(H,31,35)(H4,29,30,32,33,36). The first-order valence-electron chi connectivity index (χ1n) is 12.9. The molecule has 0 heterocycles. The van der Waals surface area contributed by atoms with E-state index in [-0.39, 0.29) is 24.4 Å². The fourth-order valence-corrected chi connectivity index (χ4v) is 2.67. The first-order valence-corrected chi connectivity index (χ1v) is 12.9. The molecule has 0 radical (unpaired) electrons. The number of rotatable bonds is 17. The number of guanidine groups is 2. The van der Waals surface area contributed by atoms with Crippen molar-refractivity contribution in [3.8, 4) is 0 Å². The van der Waals surface area contributed by atoms with Gasteiger partial charge in [-0.2, -0.15) is 4.99 Å². The molecule has 0 aliphatic rings. The van der Waals surface area contributed by atoms with Crippen LogP contribution in [0.25, 0.3) is 0 Å². The van der Waals surface area contributed by atoms with Crippen LogP contribution in [0.2, 0.25) is 0 Å². The summed E-state index contributed by atoms with van der Waals surface area (Å²) in [6.45, 7) is 2.67. The summed E-state index contributed by atoms with van der Waals surface area (Å²) < 4.78 is 4.93. The Balaban J connectivity index is 3.73. The van der Waals surface area contributed by atoms with Crippen LogP contribution in [0.15, 0.2) is 70.7 Å². The van der Waals surface area contributed by atoms with Gasteiger partial charge in [0.05, 0.1) is 6.61 Å². The fourth-order valence-electron chi connectivity index (χ4n) is 2.67. The smallest absolute Gasteiger partial charge is 0.436 e. The van der Waals surface area contributed by atoms with Crippen molar-refractivity contribution in [1.29, 1.82) is 0 Å². The van der Waals surface area contributed by atoms with E-state index in [9.17, 15) is 9.59 Å². The average Bonchev–Trinajstić information content (AvgIpc) is 2.85. The van der Waals surface area contributed by atoms with Crippen molar-refractivity contribution in [1.82, 2.24) is 10.2 Å². The number of carbonyl (C=O) groups excluding carboxylic acids is 2. The van der Waals surface area contributed by atoms with Crippen LogP contribution in [-0.2, 0) is 9.53 Å². The Kier molecular flexibility index (Phi) is 21.7. The average molecular weight is 515 g/mol. The van der Waals surface area contributed by atoms with Gasteiger partial charge in [-0.25, -0.2) is 4.79 Å². The van der Waals surface area contributed by atoms with E-state index in [1.165, 1.54) is 4.90 Å². The molecule has 0 fully saturated rings. The van der Waals surface area contributed by atoms with Crippen molar-refractivity contribution in [3.05, 3.63) is 60.8 Å². The van der Waals surface area contributed by atoms with Gasteiger partial charge in [0.2, 0.25) is 11.9 Å². The Bertz CT molecular complexity index is 839. The lowest BCUT2D eigenvalue weighted by Gasteiger charge is -2.09. The van der Waals surface area contributed by atoms with Gasteiger partial charge in [-0.05, 0) is 51.4 Å². The monoisotopic (exact) mass is 514 g/mol. The summed E-state index contributed by atoms with van der Waals surface area (Å²) in [5.41, 5.74) is 11.1. The third kappa shape index (κ3) is 23.9. The minimum atomic E-state index is -0.851. The third-order valence-corrected chi connectivity index (χ3v) is 4.69. The van der Waals surface area contributed by atoms with Gasteiger partial charge >= 0.3 is 6.09 Å². The number of nitrogens with two attached hydrogens (primary N) is 2. The lowest BCUT2D eigenvalue weighted by atomic mass is 10.2. The van der Waals surface area contributed by atoms with Crippen LogP contribution in [0.3, 0.4) is 0 Å². The van der Waals surface area contributed by atoms with Crippen molar-refractivity contribution >= 4 is 23.9 Å². The van der Waals surface area contributed by atoms with Gasteiger partial charge in [-0.15, -0.1) is 4.99 Å². The van der Waals surface area contributed by atoms with E-state index in [0.29, 0.717) is 19.4 Å². The van der Waals surface area contributed by atoms with E-state index >= 15 is 0 Å². The summed E-state index contributed by atoms with van der Waals surface area (Å²) >= 11 is 0. The second kappa shape index (κ2) is 24.1. The van der Waals surface area contributed by atoms with Gasteiger partial charge in [0.25, 0.3) is 0 Å². The number of nitrogens with one attached hydrogen (secondary N) is 1. The minimum Gasteiger partial charge on any atom is -0.448 e. The minimum absolute atomic E-state index is 0.0190. The quantitative estimate of drug-likeness (QED) is 0.111. The van der Waals surface area contributed by atoms with Crippen molar-refractivity contribution in [3.63, 3.8) is 0 Å². The summed E-state index contributed by atoms with van der Waals surface area (Å²) in [5, 5.41) is 2.81. The lowest BCUT2D eigenvalue weighted by molar-refractivity contribution is -0.121. The Labute approximate surface area is 222 Å². The normalized spacial score (nSPS) is 13.1. The molecule has 0 aromatic heterocycles. The molecule has 0 atom stereocenters. The number of ether oxygens (including phenoxy) is 1. The molecule has 9 heteroatoms. The van der Waals surface area contributed by atoms with Gasteiger partial charge in [-0.1, -0.05) is 67.7 Å². The molecule has 9 nitrogen and oxygen atoms in total. The number of allylic oxidation sites excluding steroid dienone is 10. The fraction of sp³-hybridized carbons (Fsp3) is 0.500. The SMILES string of the molecule is CCC=CCC=CCC=CCC=CCC=CCCCC(=O)NCCCOC(=O)N=C(N)N=C(N)N(C)C. The maximum Gasteiger partial charge on any atom is 0.436 e. The Hall–Kier alpha value is -3.62. The van der Waals surface area contributed by atoms with Crippen LogP contribution in [0.1, 0.15) is 64.7 Å². The number of aliphatic imine (C=N–C) groups is 2. The molecule has 0 saturated carbocycles. The van der Waals surface area contributed by atoms with E-state index in [1.807, 2.05) is 0 Å². The molecule has 0 aromatic rings. The molecule has 206 valence electrons. The summed E-state index contributed by atoms with van der Waals surface area (Å²) in [6.07, 6.45) is 28.3. The molecule has 0 aliphatic carbocycles. The topological polar surface area (TPSA) is 135 Å². The highest BCUT2D eigenvalue weighted by molar-refractivity contribution is 5.97. The first kappa shape index (κ1) is 33.4. The number of unbranched alkanes of at least 4 members (excludes halogenated alkanes) is 1. The van der Waals surface area contributed by atoms with Crippen molar-refractivity contribution in [2.45, 2.75) is 64.7 Å². The summed E-state index contributed by atoms with van der Waals surface area (Å²) in [5.74, 6) is -0.176. The molecule has 2 amide bonds. The predicted molar refractivity (Wildman–Crippen MR) is 154 cm³/mol. The molecule has 0 rings (SSSR count). The molecule has 0 bridgehead atoms. The van der Waals surface area contributed by atoms with Gasteiger partial charge in [0.15, 0.2) is 5.96 Å². The maximum atomic E-state index is 11.9. The number of carbonyl (C=O) groups is 2. The van der Waals surface area contributed by atoms with Crippen molar-refractivity contribution in [2.24, 2.45) is 21.5 Å². The first-order chi connectivity index (χ1) is 17.9. The molecular weight excluding hydrogens is 468 g/mol. The van der Waals surface area contributed by atoms with Crippen LogP contribution in [0, 0.1) is 0 Å².